The predicted octanol–water partition coefficient (Wildman–Crippen LogP) is 5.88. The van der Waals surface area contributed by atoms with Crippen molar-refractivity contribution in [2.75, 3.05) is 0 Å². The summed E-state index contributed by atoms with van der Waals surface area (Å²) in [4.78, 5) is 10.3. The van der Waals surface area contributed by atoms with Crippen LogP contribution in [0.5, 0.6) is 0 Å². The SMILES string of the molecule is CCCCC/C=C\C/C=C\CCCCCCCC(=O)O.[Ru]. The number of hydrogen-bond donors (Lipinski definition) is 1. The molecule has 0 aromatic heterocycles. The molecule has 0 fully saturated rings. The molecule has 0 saturated heterocycles. The second-order valence-electron chi connectivity index (χ2n) is 5.37. The summed E-state index contributed by atoms with van der Waals surface area (Å²) in [5, 5.41) is 8.50. The maximum absolute atomic E-state index is 10.3. The third-order valence-corrected chi connectivity index (χ3v) is 3.34. The Bertz CT molecular complexity index is 272. The Kier molecular flexibility index (Phi) is 21.3. The third kappa shape index (κ3) is 22.0. The summed E-state index contributed by atoms with van der Waals surface area (Å²) in [7, 11) is 0. The van der Waals surface area contributed by atoms with Crippen LogP contribution in [0.25, 0.3) is 0 Å². The second-order valence-corrected chi connectivity index (χ2v) is 5.37. The van der Waals surface area contributed by atoms with Gasteiger partial charge in [0.1, 0.15) is 0 Å². The third-order valence-electron chi connectivity index (χ3n) is 3.34. The Morgan fingerprint density at radius 1 is 0.810 bits per heavy atom. The van der Waals surface area contributed by atoms with Crippen LogP contribution in [-0.2, 0) is 24.3 Å². The number of carboxylic acids is 1. The van der Waals surface area contributed by atoms with Crippen LogP contribution >= 0.6 is 0 Å². The normalized spacial score (nSPS) is 11.1. The zero-order valence-electron chi connectivity index (χ0n) is 13.5. The number of aliphatic carboxylic acids is 1. The van der Waals surface area contributed by atoms with E-state index in [0.29, 0.717) is 6.42 Å². The molecule has 0 aromatic carbocycles. The Labute approximate surface area is 143 Å². The summed E-state index contributed by atoms with van der Waals surface area (Å²) >= 11 is 0. The molecule has 0 radical (unpaired) electrons. The van der Waals surface area contributed by atoms with Crippen LogP contribution in [0.15, 0.2) is 24.3 Å². The van der Waals surface area contributed by atoms with Gasteiger partial charge in [-0.25, -0.2) is 0 Å². The van der Waals surface area contributed by atoms with Gasteiger partial charge in [-0.15, -0.1) is 0 Å². The van der Waals surface area contributed by atoms with Crippen LogP contribution in [0, 0.1) is 0 Å². The first-order valence-corrected chi connectivity index (χ1v) is 8.29. The Morgan fingerprint density at radius 2 is 1.33 bits per heavy atom. The van der Waals surface area contributed by atoms with E-state index in [1.807, 2.05) is 0 Å². The summed E-state index contributed by atoms with van der Waals surface area (Å²) in [5.74, 6) is -0.671. The van der Waals surface area contributed by atoms with Gasteiger partial charge >= 0.3 is 5.97 Å². The quantitative estimate of drug-likeness (QED) is 0.232. The van der Waals surface area contributed by atoms with Gasteiger partial charge in [0.15, 0.2) is 0 Å². The maximum atomic E-state index is 10.3. The molecule has 21 heavy (non-hydrogen) atoms. The van der Waals surface area contributed by atoms with Gasteiger partial charge in [0, 0.05) is 25.9 Å². The van der Waals surface area contributed by atoms with E-state index < -0.39 is 5.97 Å². The summed E-state index contributed by atoms with van der Waals surface area (Å²) in [6.07, 6.45) is 22.3. The molecule has 0 atom stereocenters. The standard InChI is InChI=1S/C18H32O2.Ru/c1-2-3-4-5-6-7-8-9-10-11-12-13-14-15-16-17-18(19)20;/h6-7,9-10H,2-5,8,11-17H2,1H3,(H,19,20);/b7-6-,10-9-;. The molecule has 2 nitrogen and oxygen atoms in total. The van der Waals surface area contributed by atoms with Gasteiger partial charge in [0.05, 0.1) is 0 Å². The number of unbranched alkanes of at least 4 members (excludes halogenated alkanes) is 8. The number of hydrogen-bond acceptors (Lipinski definition) is 1. The van der Waals surface area contributed by atoms with E-state index >= 15 is 0 Å². The van der Waals surface area contributed by atoms with Crippen molar-refractivity contribution in [2.45, 2.75) is 84.0 Å². The molecule has 0 unspecified atom stereocenters. The van der Waals surface area contributed by atoms with Crippen molar-refractivity contribution in [3.63, 3.8) is 0 Å². The molecule has 0 aromatic rings. The number of carbonyl (C=O) groups is 1. The fourth-order valence-electron chi connectivity index (χ4n) is 2.09. The van der Waals surface area contributed by atoms with Crippen molar-refractivity contribution in [3.8, 4) is 0 Å². The van der Waals surface area contributed by atoms with Gasteiger partial charge in [0.25, 0.3) is 0 Å². The van der Waals surface area contributed by atoms with Gasteiger partial charge < -0.3 is 5.11 Å². The zero-order valence-corrected chi connectivity index (χ0v) is 15.2. The molecule has 0 aliphatic carbocycles. The first-order valence-electron chi connectivity index (χ1n) is 8.29. The van der Waals surface area contributed by atoms with Crippen molar-refractivity contribution in [1.29, 1.82) is 0 Å². The summed E-state index contributed by atoms with van der Waals surface area (Å²) in [6.45, 7) is 2.23. The molecule has 0 aliphatic heterocycles. The van der Waals surface area contributed by atoms with Crippen LogP contribution in [0.3, 0.4) is 0 Å². The van der Waals surface area contributed by atoms with E-state index in [1.54, 1.807) is 0 Å². The van der Waals surface area contributed by atoms with Crippen LogP contribution < -0.4 is 0 Å². The molecule has 0 aliphatic rings. The average Bonchev–Trinajstić information content (AvgIpc) is 2.43. The molecule has 1 N–H and O–H groups in total. The average molecular weight is 382 g/mol. The van der Waals surface area contributed by atoms with Gasteiger partial charge in [0.2, 0.25) is 0 Å². The number of allylic oxidation sites excluding steroid dienone is 4. The van der Waals surface area contributed by atoms with Gasteiger partial charge in [-0.2, -0.15) is 0 Å². The molecule has 0 spiro atoms. The minimum atomic E-state index is -0.671. The minimum absolute atomic E-state index is 0. The van der Waals surface area contributed by atoms with Crippen LogP contribution in [0.4, 0.5) is 0 Å². The fourth-order valence-corrected chi connectivity index (χ4v) is 2.09. The fraction of sp³-hybridized carbons (Fsp3) is 0.722. The predicted molar refractivity (Wildman–Crippen MR) is 87.0 cm³/mol. The molecular weight excluding hydrogens is 349 g/mol. The van der Waals surface area contributed by atoms with E-state index in [4.69, 9.17) is 5.11 Å². The van der Waals surface area contributed by atoms with Crippen molar-refractivity contribution in [1.82, 2.24) is 0 Å². The largest absolute Gasteiger partial charge is 0.481 e. The van der Waals surface area contributed by atoms with Crippen LogP contribution in [-0.4, -0.2) is 11.1 Å². The van der Waals surface area contributed by atoms with E-state index in [1.165, 1.54) is 44.9 Å². The Balaban J connectivity index is 0. The molecule has 3 heteroatoms. The van der Waals surface area contributed by atoms with Crippen LogP contribution in [0.2, 0.25) is 0 Å². The van der Waals surface area contributed by atoms with E-state index in [0.717, 1.165) is 25.7 Å². The second kappa shape index (κ2) is 19.6. The number of carboxylic acid groups (broad SMARTS) is 1. The molecule has 0 rings (SSSR count). The molecule has 0 heterocycles. The van der Waals surface area contributed by atoms with Crippen LogP contribution in [0.1, 0.15) is 84.0 Å². The van der Waals surface area contributed by atoms with Crippen molar-refractivity contribution in [2.24, 2.45) is 0 Å². The van der Waals surface area contributed by atoms with Crippen molar-refractivity contribution < 1.29 is 29.4 Å². The molecule has 124 valence electrons. The van der Waals surface area contributed by atoms with Gasteiger partial charge in [-0.3, -0.25) is 4.79 Å². The molecule has 0 amide bonds. The van der Waals surface area contributed by atoms with E-state index in [9.17, 15) is 4.79 Å². The summed E-state index contributed by atoms with van der Waals surface area (Å²) in [5.41, 5.74) is 0. The smallest absolute Gasteiger partial charge is 0.303 e. The van der Waals surface area contributed by atoms with Crippen molar-refractivity contribution >= 4 is 5.97 Å². The van der Waals surface area contributed by atoms with E-state index in [2.05, 4.69) is 31.2 Å². The summed E-state index contributed by atoms with van der Waals surface area (Å²) in [6, 6.07) is 0. The first-order chi connectivity index (χ1) is 9.77. The molecule has 0 saturated carbocycles. The number of rotatable bonds is 14. The maximum Gasteiger partial charge on any atom is 0.303 e. The monoisotopic (exact) mass is 382 g/mol. The molecule has 0 bridgehead atoms. The first kappa shape index (κ1) is 22.8. The Hall–Kier alpha value is -0.427. The van der Waals surface area contributed by atoms with E-state index in [-0.39, 0.29) is 19.5 Å². The molecular formula is C18H32O2Ru. The van der Waals surface area contributed by atoms with Gasteiger partial charge in [-0.05, 0) is 38.5 Å². The minimum Gasteiger partial charge on any atom is -0.481 e. The topological polar surface area (TPSA) is 37.3 Å². The summed E-state index contributed by atoms with van der Waals surface area (Å²) < 4.78 is 0. The van der Waals surface area contributed by atoms with Gasteiger partial charge in [-0.1, -0.05) is 63.3 Å². The zero-order chi connectivity index (χ0) is 14.9. The van der Waals surface area contributed by atoms with Crippen molar-refractivity contribution in [3.05, 3.63) is 24.3 Å². The Morgan fingerprint density at radius 3 is 1.90 bits per heavy atom.